The van der Waals surface area contributed by atoms with Crippen molar-refractivity contribution in [3.05, 3.63) is 42.2 Å². The van der Waals surface area contributed by atoms with Gasteiger partial charge in [0.1, 0.15) is 17.1 Å². The maximum absolute atomic E-state index is 11.5. The number of esters is 1. The Bertz CT molecular complexity index is 500. The van der Waals surface area contributed by atoms with Gasteiger partial charge in [0, 0.05) is 5.56 Å². The van der Waals surface area contributed by atoms with Crippen LogP contribution in [0.3, 0.4) is 0 Å². The zero-order valence-electron chi connectivity index (χ0n) is 8.64. The summed E-state index contributed by atoms with van der Waals surface area (Å²) in [5, 5.41) is 9.65. The molecule has 0 amide bonds. The second-order valence-corrected chi connectivity index (χ2v) is 3.17. The zero-order chi connectivity index (χ0) is 11.5. The van der Waals surface area contributed by atoms with Crippen LogP contribution in [0, 0.1) is 0 Å². The summed E-state index contributed by atoms with van der Waals surface area (Å²) in [5.41, 5.74) is 0.622. The summed E-state index contributed by atoms with van der Waals surface area (Å²) in [6.45, 7) is 0. The van der Waals surface area contributed by atoms with Gasteiger partial charge >= 0.3 is 5.97 Å². The highest BCUT2D eigenvalue weighted by Crippen LogP contribution is 2.30. The fraction of sp³-hybridized carbons (Fsp3) is 0.0833. The number of carbonyl (C=O) groups excluding carboxylic acids is 1. The Labute approximate surface area is 92.1 Å². The van der Waals surface area contributed by atoms with E-state index in [0.717, 1.165) is 0 Å². The summed E-state index contributed by atoms with van der Waals surface area (Å²) in [6, 6.07) is 8.17. The molecule has 0 radical (unpaired) electrons. The normalized spacial score (nSPS) is 10.1. The number of methoxy groups -OCH3 is 1. The number of phenolic OH excluding ortho intramolecular Hbond substituents is 1. The van der Waals surface area contributed by atoms with Crippen LogP contribution in [0.15, 0.2) is 41.0 Å². The van der Waals surface area contributed by atoms with Gasteiger partial charge in [-0.05, 0) is 18.2 Å². The maximum Gasteiger partial charge on any atom is 0.342 e. The fourth-order valence-electron chi connectivity index (χ4n) is 1.49. The van der Waals surface area contributed by atoms with Crippen LogP contribution in [0.2, 0.25) is 0 Å². The second kappa shape index (κ2) is 4.10. The van der Waals surface area contributed by atoms with Gasteiger partial charge in [0.2, 0.25) is 0 Å². The standard InChI is InChI=1S/C12H10O4/c1-15-12(14)11-8(4-2-5-9(11)13)10-6-3-7-16-10/h2-7,13H,1H3. The van der Waals surface area contributed by atoms with Crippen LogP contribution >= 0.6 is 0 Å². The number of carbonyl (C=O) groups is 1. The predicted octanol–water partition coefficient (Wildman–Crippen LogP) is 2.44. The highest BCUT2D eigenvalue weighted by molar-refractivity contribution is 5.99. The van der Waals surface area contributed by atoms with Gasteiger partial charge < -0.3 is 14.3 Å². The van der Waals surface area contributed by atoms with Crippen LogP contribution < -0.4 is 0 Å². The highest BCUT2D eigenvalue weighted by atomic mass is 16.5. The minimum atomic E-state index is -0.593. The molecule has 1 N–H and O–H groups in total. The minimum Gasteiger partial charge on any atom is -0.507 e. The van der Waals surface area contributed by atoms with E-state index in [1.165, 1.54) is 19.4 Å². The van der Waals surface area contributed by atoms with E-state index in [-0.39, 0.29) is 11.3 Å². The molecule has 2 aromatic rings. The quantitative estimate of drug-likeness (QED) is 0.786. The average Bonchev–Trinajstić information content (AvgIpc) is 2.81. The molecule has 2 rings (SSSR count). The van der Waals surface area contributed by atoms with Crippen molar-refractivity contribution in [1.29, 1.82) is 0 Å². The largest absolute Gasteiger partial charge is 0.507 e. The van der Waals surface area contributed by atoms with Gasteiger partial charge in [0.25, 0.3) is 0 Å². The molecule has 0 bridgehead atoms. The van der Waals surface area contributed by atoms with Crippen LogP contribution in [0.25, 0.3) is 11.3 Å². The summed E-state index contributed by atoms with van der Waals surface area (Å²) in [7, 11) is 1.26. The van der Waals surface area contributed by atoms with Crippen molar-refractivity contribution in [1.82, 2.24) is 0 Å². The Balaban J connectivity index is 2.62. The van der Waals surface area contributed by atoms with Crippen molar-refractivity contribution < 1.29 is 19.1 Å². The van der Waals surface area contributed by atoms with E-state index in [2.05, 4.69) is 4.74 Å². The molecule has 1 heterocycles. The first-order valence-electron chi connectivity index (χ1n) is 4.68. The first-order valence-corrected chi connectivity index (χ1v) is 4.68. The molecule has 4 heteroatoms. The molecular weight excluding hydrogens is 208 g/mol. The van der Waals surface area contributed by atoms with E-state index in [0.29, 0.717) is 11.3 Å². The smallest absolute Gasteiger partial charge is 0.342 e. The van der Waals surface area contributed by atoms with Crippen molar-refractivity contribution in [3.63, 3.8) is 0 Å². The Morgan fingerprint density at radius 2 is 2.12 bits per heavy atom. The molecule has 1 aromatic heterocycles. The number of hydrogen-bond donors (Lipinski definition) is 1. The molecule has 0 fully saturated rings. The number of rotatable bonds is 2. The molecule has 16 heavy (non-hydrogen) atoms. The first kappa shape index (κ1) is 10.3. The topological polar surface area (TPSA) is 59.7 Å². The number of benzene rings is 1. The number of furan rings is 1. The van der Waals surface area contributed by atoms with Gasteiger partial charge in [-0.25, -0.2) is 4.79 Å². The lowest BCUT2D eigenvalue weighted by atomic mass is 10.0. The van der Waals surface area contributed by atoms with Crippen LogP contribution in [0.1, 0.15) is 10.4 Å². The lowest BCUT2D eigenvalue weighted by Crippen LogP contribution is -2.03. The molecule has 0 aliphatic rings. The third-order valence-corrected chi connectivity index (χ3v) is 2.22. The Morgan fingerprint density at radius 1 is 1.31 bits per heavy atom. The molecule has 0 aliphatic heterocycles. The van der Waals surface area contributed by atoms with Crippen LogP contribution in [0.4, 0.5) is 0 Å². The molecule has 82 valence electrons. The lowest BCUT2D eigenvalue weighted by Gasteiger charge is -2.07. The van der Waals surface area contributed by atoms with Gasteiger partial charge in [0.15, 0.2) is 0 Å². The van der Waals surface area contributed by atoms with Gasteiger partial charge in [-0.1, -0.05) is 12.1 Å². The third kappa shape index (κ3) is 1.65. The molecule has 0 saturated carbocycles. The summed E-state index contributed by atoms with van der Waals surface area (Å²) in [5.74, 6) is -0.207. The highest BCUT2D eigenvalue weighted by Gasteiger charge is 2.18. The summed E-state index contributed by atoms with van der Waals surface area (Å²) in [6.07, 6.45) is 1.50. The third-order valence-electron chi connectivity index (χ3n) is 2.22. The van der Waals surface area contributed by atoms with E-state index in [1.54, 1.807) is 24.3 Å². The molecule has 0 aliphatic carbocycles. The maximum atomic E-state index is 11.5. The number of ether oxygens (including phenoxy) is 1. The Kier molecular flexibility index (Phi) is 2.64. The SMILES string of the molecule is COC(=O)c1c(O)cccc1-c1ccco1. The van der Waals surface area contributed by atoms with Crippen LogP contribution in [-0.4, -0.2) is 18.2 Å². The minimum absolute atomic E-state index is 0.111. The van der Waals surface area contributed by atoms with E-state index in [4.69, 9.17) is 4.42 Å². The lowest BCUT2D eigenvalue weighted by molar-refractivity contribution is 0.0598. The summed E-state index contributed by atoms with van der Waals surface area (Å²) < 4.78 is 9.81. The molecule has 0 unspecified atom stereocenters. The van der Waals surface area contributed by atoms with E-state index in [1.807, 2.05) is 0 Å². The first-order chi connectivity index (χ1) is 7.74. The molecule has 0 atom stereocenters. The van der Waals surface area contributed by atoms with Crippen molar-refractivity contribution >= 4 is 5.97 Å². The van der Waals surface area contributed by atoms with Gasteiger partial charge in [-0.2, -0.15) is 0 Å². The van der Waals surface area contributed by atoms with E-state index >= 15 is 0 Å². The molecule has 1 aromatic carbocycles. The van der Waals surface area contributed by atoms with Crippen molar-refractivity contribution in [2.24, 2.45) is 0 Å². The van der Waals surface area contributed by atoms with Crippen molar-refractivity contribution in [2.75, 3.05) is 7.11 Å². The van der Waals surface area contributed by atoms with Gasteiger partial charge in [-0.15, -0.1) is 0 Å². The van der Waals surface area contributed by atoms with E-state index in [9.17, 15) is 9.90 Å². The van der Waals surface area contributed by atoms with Gasteiger partial charge in [-0.3, -0.25) is 0 Å². The van der Waals surface area contributed by atoms with E-state index < -0.39 is 5.97 Å². The van der Waals surface area contributed by atoms with Crippen molar-refractivity contribution in [3.8, 4) is 17.1 Å². The molecular formula is C12H10O4. The summed E-state index contributed by atoms with van der Waals surface area (Å²) >= 11 is 0. The molecule has 0 spiro atoms. The Hall–Kier alpha value is -2.23. The fourth-order valence-corrected chi connectivity index (χ4v) is 1.49. The van der Waals surface area contributed by atoms with Crippen LogP contribution in [-0.2, 0) is 4.74 Å². The van der Waals surface area contributed by atoms with Crippen LogP contribution in [0.5, 0.6) is 5.75 Å². The average molecular weight is 218 g/mol. The number of phenols is 1. The number of aromatic hydroxyl groups is 1. The second-order valence-electron chi connectivity index (χ2n) is 3.17. The zero-order valence-corrected chi connectivity index (χ0v) is 8.64. The predicted molar refractivity (Wildman–Crippen MR) is 57.1 cm³/mol. The molecule has 0 saturated heterocycles. The van der Waals surface area contributed by atoms with Gasteiger partial charge in [0.05, 0.1) is 13.4 Å². The molecule has 4 nitrogen and oxygen atoms in total. The van der Waals surface area contributed by atoms with Crippen molar-refractivity contribution in [2.45, 2.75) is 0 Å². The number of hydrogen-bond acceptors (Lipinski definition) is 4. The Morgan fingerprint density at radius 3 is 2.75 bits per heavy atom. The monoisotopic (exact) mass is 218 g/mol. The summed E-state index contributed by atoms with van der Waals surface area (Å²) in [4.78, 5) is 11.5.